The van der Waals surface area contributed by atoms with Crippen molar-refractivity contribution in [3.05, 3.63) is 35.9 Å². The van der Waals surface area contributed by atoms with E-state index >= 15 is 0 Å². The summed E-state index contributed by atoms with van der Waals surface area (Å²) in [5.74, 6) is -2.90. The van der Waals surface area contributed by atoms with Gasteiger partial charge in [0.1, 0.15) is 17.3 Å². The number of carbonyl (C=O) groups excluding carboxylic acids is 2. The normalized spacial score (nSPS) is 39.4. The van der Waals surface area contributed by atoms with Crippen LogP contribution in [0.5, 0.6) is 0 Å². The molecule has 34 heavy (non-hydrogen) atoms. The molecule has 1 saturated heterocycles. The van der Waals surface area contributed by atoms with E-state index in [1.54, 1.807) is 6.92 Å². The average molecular weight is 485 g/mol. The molecule has 4 rings (SSSR count). The number of benzene rings is 1. The molecule has 0 unspecified atom stereocenters. The lowest BCUT2D eigenvalue weighted by molar-refractivity contribution is -0.295. The Hall–Kier alpha value is -2.13. The van der Waals surface area contributed by atoms with E-state index < -0.39 is 52.5 Å². The first-order valence-electron chi connectivity index (χ1n) is 11.7. The zero-order chi connectivity index (χ0) is 25.1. The summed E-state index contributed by atoms with van der Waals surface area (Å²) in [4.78, 5) is 25.9. The maximum absolute atomic E-state index is 14.4. The summed E-state index contributed by atoms with van der Waals surface area (Å²) in [6.45, 7) is 5.18. The molecule has 0 aromatic heterocycles. The summed E-state index contributed by atoms with van der Waals surface area (Å²) in [5.41, 5.74) is -6.81. The van der Waals surface area contributed by atoms with Gasteiger partial charge in [0.25, 0.3) is 5.60 Å². The van der Waals surface area contributed by atoms with Gasteiger partial charge in [-0.1, -0.05) is 44.2 Å². The minimum Gasteiger partial charge on any atom is -0.455 e. The number of hydrogen-bond donors (Lipinski definition) is 1. The molecular weight excluding hydrogens is 453 g/mol. The van der Waals surface area contributed by atoms with Gasteiger partial charge in [-0.3, -0.25) is 4.79 Å². The first-order chi connectivity index (χ1) is 15.8. The number of aliphatic hydroxyl groups excluding tert-OH is 1. The van der Waals surface area contributed by atoms with Gasteiger partial charge in [-0.2, -0.15) is 13.2 Å². The maximum atomic E-state index is 14.4. The van der Waals surface area contributed by atoms with Crippen molar-refractivity contribution in [2.24, 2.45) is 23.7 Å². The van der Waals surface area contributed by atoms with Crippen LogP contribution < -0.4 is 0 Å². The van der Waals surface area contributed by atoms with Gasteiger partial charge in [0.05, 0.1) is 5.92 Å². The lowest BCUT2D eigenvalue weighted by atomic mass is 9.53. The van der Waals surface area contributed by atoms with Gasteiger partial charge in [0, 0.05) is 24.5 Å². The van der Waals surface area contributed by atoms with E-state index in [0.717, 1.165) is 25.7 Å². The van der Waals surface area contributed by atoms with E-state index in [0.29, 0.717) is 12.8 Å². The van der Waals surface area contributed by atoms with Crippen LogP contribution in [-0.4, -0.2) is 47.6 Å². The second kappa shape index (κ2) is 8.22. The molecule has 1 heterocycles. The van der Waals surface area contributed by atoms with E-state index in [9.17, 15) is 27.9 Å². The Balaban J connectivity index is 1.74. The largest absolute Gasteiger partial charge is 0.455 e. The quantitative estimate of drug-likeness (QED) is 0.647. The van der Waals surface area contributed by atoms with Crippen molar-refractivity contribution in [2.75, 3.05) is 7.11 Å². The first kappa shape index (κ1) is 25.0. The lowest BCUT2D eigenvalue weighted by Gasteiger charge is -2.57. The topological polar surface area (TPSA) is 82.1 Å². The van der Waals surface area contributed by atoms with E-state index in [1.165, 1.54) is 25.1 Å². The van der Waals surface area contributed by atoms with Gasteiger partial charge in [0.2, 0.25) is 0 Å². The van der Waals surface area contributed by atoms with Gasteiger partial charge in [-0.25, -0.2) is 4.79 Å². The molecule has 1 aromatic carbocycles. The van der Waals surface area contributed by atoms with Gasteiger partial charge >= 0.3 is 18.1 Å². The second-order valence-corrected chi connectivity index (χ2v) is 10.2. The van der Waals surface area contributed by atoms with Crippen molar-refractivity contribution in [1.82, 2.24) is 0 Å². The molecule has 1 aliphatic heterocycles. The molecule has 3 aliphatic rings. The van der Waals surface area contributed by atoms with Crippen molar-refractivity contribution < 1.29 is 42.1 Å². The number of halogens is 3. The van der Waals surface area contributed by atoms with Crippen LogP contribution in [0.1, 0.15) is 52.0 Å². The van der Waals surface area contributed by atoms with Crippen LogP contribution in [0.25, 0.3) is 0 Å². The number of alkyl halides is 3. The van der Waals surface area contributed by atoms with E-state index in [2.05, 4.69) is 0 Å². The van der Waals surface area contributed by atoms with Crippen molar-refractivity contribution in [1.29, 1.82) is 0 Å². The summed E-state index contributed by atoms with van der Waals surface area (Å²) in [7, 11) is 0.801. The number of hydrogen-bond acceptors (Lipinski definition) is 6. The van der Waals surface area contributed by atoms with E-state index in [4.69, 9.17) is 14.2 Å². The summed E-state index contributed by atoms with van der Waals surface area (Å²) in [6.07, 6.45) is -4.55. The Kier molecular flexibility index (Phi) is 6.04. The average Bonchev–Trinajstić information content (AvgIpc) is 3.03. The number of methoxy groups -OCH3 is 1. The molecule has 2 saturated carbocycles. The fourth-order valence-corrected chi connectivity index (χ4v) is 6.62. The van der Waals surface area contributed by atoms with Crippen LogP contribution in [0, 0.1) is 23.7 Å². The molecule has 188 valence electrons. The Morgan fingerprint density at radius 3 is 2.35 bits per heavy atom. The molecule has 3 fully saturated rings. The fourth-order valence-electron chi connectivity index (χ4n) is 6.62. The molecule has 0 amide bonds. The van der Waals surface area contributed by atoms with E-state index in [1.807, 2.05) is 6.92 Å². The molecule has 1 N–H and O–H groups in total. The first-order valence-corrected chi connectivity index (χ1v) is 11.7. The number of esters is 2. The predicted molar refractivity (Wildman–Crippen MR) is 114 cm³/mol. The molecule has 1 spiro atoms. The monoisotopic (exact) mass is 484 g/mol. The SMILES string of the molecule is CO[C@@](C(=O)O[C@]1(C)CC[C@H]2[C@H](C)CC[C@H]3[C@@H](C)C(=O)O[C@@]23[C@@H]1O)(c1ccccc1)C(F)(F)F. The fraction of sp³-hybridized carbons (Fsp3) is 0.680. The van der Waals surface area contributed by atoms with Crippen LogP contribution >= 0.6 is 0 Å². The zero-order valence-electron chi connectivity index (χ0n) is 19.7. The van der Waals surface area contributed by atoms with Crippen molar-refractivity contribution in [2.45, 2.75) is 75.5 Å². The molecule has 1 aromatic rings. The molecule has 6 nitrogen and oxygen atoms in total. The smallest absolute Gasteiger partial charge is 0.432 e. The highest BCUT2D eigenvalue weighted by Crippen LogP contribution is 2.60. The molecule has 2 aliphatic carbocycles. The Bertz CT molecular complexity index is 952. The van der Waals surface area contributed by atoms with Crippen LogP contribution in [0.4, 0.5) is 13.2 Å². The van der Waals surface area contributed by atoms with Crippen LogP contribution in [-0.2, 0) is 29.4 Å². The number of rotatable bonds is 4. The number of carbonyl (C=O) groups is 2. The van der Waals surface area contributed by atoms with E-state index in [-0.39, 0.29) is 24.2 Å². The Labute approximate surface area is 196 Å². The number of aliphatic hydroxyl groups is 1. The van der Waals surface area contributed by atoms with Gasteiger partial charge in [0.15, 0.2) is 0 Å². The molecular formula is C25H31F3O6. The van der Waals surface area contributed by atoms with Crippen molar-refractivity contribution >= 4 is 11.9 Å². The predicted octanol–water partition coefficient (Wildman–Crippen LogP) is 4.14. The minimum absolute atomic E-state index is 0.127. The third-order valence-corrected chi connectivity index (χ3v) is 8.49. The van der Waals surface area contributed by atoms with Crippen molar-refractivity contribution in [3.8, 4) is 0 Å². The second-order valence-electron chi connectivity index (χ2n) is 10.2. The summed E-state index contributed by atoms with van der Waals surface area (Å²) < 4.78 is 59.4. The third-order valence-electron chi connectivity index (χ3n) is 8.49. The molecule has 8 atom stereocenters. The van der Waals surface area contributed by atoms with Crippen LogP contribution in [0.2, 0.25) is 0 Å². The third kappa shape index (κ3) is 3.30. The highest BCUT2D eigenvalue weighted by molar-refractivity contribution is 5.83. The highest BCUT2D eigenvalue weighted by atomic mass is 19.4. The number of ether oxygens (including phenoxy) is 3. The summed E-state index contributed by atoms with van der Waals surface area (Å²) in [5, 5.41) is 11.6. The van der Waals surface area contributed by atoms with Crippen molar-refractivity contribution in [3.63, 3.8) is 0 Å². The maximum Gasteiger partial charge on any atom is 0.432 e. The molecule has 0 radical (unpaired) electrons. The molecule has 0 bridgehead atoms. The summed E-state index contributed by atoms with van der Waals surface area (Å²) in [6, 6.07) is 6.56. The highest BCUT2D eigenvalue weighted by Gasteiger charge is 2.72. The molecule has 9 heteroatoms. The van der Waals surface area contributed by atoms with Gasteiger partial charge < -0.3 is 19.3 Å². The van der Waals surface area contributed by atoms with Crippen LogP contribution in [0.15, 0.2) is 30.3 Å². The Morgan fingerprint density at radius 2 is 1.76 bits per heavy atom. The zero-order valence-corrected chi connectivity index (χ0v) is 19.7. The van der Waals surface area contributed by atoms with Gasteiger partial charge in [-0.15, -0.1) is 0 Å². The van der Waals surface area contributed by atoms with Gasteiger partial charge in [-0.05, 0) is 38.5 Å². The Morgan fingerprint density at radius 1 is 1.12 bits per heavy atom. The lowest BCUT2D eigenvalue weighted by Crippen LogP contribution is -2.69. The standard InChI is InChI=1S/C25H31F3O6/c1-14-10-11-18-15(2)19(29)33-23(18)17(14)12-13-22(3,20(23)30)34-21(31)24(32-4,25(26,27)28)16-8-6-5-7-9-16/h5-9,14-15,17-18,20,30H,10-13H2,1-4H3/t14-,15-,17+,18+,20-,22-,23+,24-/m1/s1. The summed E-state index contributed by atoms with van der Waals surface area (Å²) >= 11 is 0. The minimum atomic E-state index is -5.13. The van der Waals surface area contributed by atoms with Crippen LogP contribution in [0.3, 0.4) is 0 Å².